The molecule has 1 saturated heterocycles. The van der Waals surface area contributed by atoms with E-state index in [9.17, 15) is 0 Å². The van der Waals surface area contributed by atoms with Gasteiger partial charge in [-0.3, -0.25) is 0 Å². The number of hydrogen-bond donors (Lipinski definition) is 1. The lowest BCUT2D eigenvalue weighted by Gasteiger charge is -2.28. The van der Waals surface area contributed by atoms with E-state index in [0.29, 0.717) is 0 Å². The normalized spacial score (nSPS) is 16.4. The maximum Gasteiger partial charge on any atom is 0.230 e. The van der Waals surface area contributed by atoms with Crippen LogP contribution in [0.4, 0.5) is 5.95 Å². The Kier molecular flexibility index (Phi) is 2.80. The Balaban J connectivity index is 2.01. The van der Waals surface area contributed by atoms with Crippen molar-refractivity contribution in [2.45, 2.75) is 6.92 Å². The Bertz CT molecular complexity index is 788. The first-order valence-corrected chi connectivity index (χ1v) is 7.70. The quantitative estimate of drug-likeness (QED) is 0.741. The van der Waals surface area contributed by atoms with Crippen molar-refractivity contribution in [2.24, 2.45) is 0 Å². The molecule has 0 unspecified atom stereocenters. The van der Waals surface area contributed by atoms with E-state index < -0.39 is 0 Å². The molecule has 3 aromatic heterocycles. The van der Waals surface area contributed by atoms with Gasteiger partial charge in [0, 0.05) is 26.2 Å². The Labute approximate surface area is 124 Å². The second kappa shape index (κ2) is 4.54. The van der Waals surface area contributed by atoms with E-state index >= 15 is 0 Å². The average Bonchev–Trinajstić information content (AvgIpc) is 3.00. The smallest absolute Gasteiger partial charge is 0.230 e. The van der Waals surface area contributed by atoms with Crippen LogP contribution >= 0.6 is 22.9 Å². The summed E-state index contributed by atoms with van der Waals surface area (Å²) in [5, 5.41) is 8.81. The number of thiophene rings is 1. The van der Waals surface area contributed by atoms with Crippen LogP contribution in [-0.2, 0) is 0 Å². The van der Waals surface area contributed by atoms with Crippen molar-refractivity contribution in [3.63, 3.8) is 0 Å². The molecular formula is C12H13ClN6S. The van der Waals surface area contributed by atoms with Crippen LogP contribution in [0, 0.1) is 6.92 Å². The maximum absolute atomic E-state index is 6.13. The van der Waals surface area contributed by atoms with E-state index in [2.05, 4.69) is 20.3 Å². The largest absolute Gasteiger partial charge is 0.338 e. The summed E-state index contributed by atoms with van der Waals surface area (Å²) in [4.78, 5) is 12.4. The number of aryl methyl sites for hydroxylation is 1. The number of hydrogen-bond acceptors (Lipinski definition) is 6. The lowest BCUT2D eigenvalue weighted by atomic mass is 10.3. The summed E-state index contributed by atoms with van der Waals surface area (Å²) >= 11 is 7.61. The molecule has 104 valence electrons. The molecule has 0 bridgehead atoms. The average molecular weight is 309 g/mol. The highest BCUT2D eigenvalue weighted by Gasteiger charge is 2.20. The number of rotatable bonds is 1. The Morgan fingerprint density at radius 3 is 2.90 bits per heavy atom. The minimum atomic E-state index is 0.729. The van der Waals surface area contributed by atoms with E-state index in [-0.39, 0.29) is 0 Å². The first-order valence-electron chi connectivity index (χ1n) is 6.50. The molecule has 4 heterocycles. The molecule has 1 fully saturated rings. The van der Waals surface area contributed by atoms with Crippen LogP contribution in [0.3, 0.4) is 0 Å². The first-order chi connectivity index (χ1) is 9.72. The third-order valence-corrected chi connectivity index (χ3v) is 4.59. The van der Waals surface area contributed by atoms with Crippen LogP contribution in [0.25, 0.3) is 15.9 Å². The Morgan fingerprint density at radius 2 is 2.10 bits per heavy atom. The van der Waals surface area contributed by atoms with Gasteiger partial charge in [0.25, 0.3) is 0 Å². The highest BCUT2D eigenvalue weighted by molar-refractivity contribution is 7.22. The topological polar surface area (TPSA) is 58.4 Å². The third-order valence-electron chi connectivity index (χ3n) is 3.43. The van der Waals surface area contributed by atoms with Crippen molar-refractivity contribution >= 4 is 44.7 Å². The van der Waals surface area contributed by atoms with Crippen molar-refractivity contribution in [1.29, 1.82) is 0 Å². The zero-order chi connectivity index (χ0) is 13.7. The summed E-state index contributed by atoms with van der Waals surface area (Å²) in [6, 6.07) is 1.92. The number of nitrogens with zero attached hydrogens (tertiary/aromatic N) is 5. The van der Waals surface area contributed by atoms with Gasteiger partial charge in [-0.25, -0.2) is 9.97 Å². The summed E-state index contributed by atoms with van der Waals surface area (Å²) in [6.07, 6.45) is 0. The van der Waals surface area contributed by atoms with Gasteiger partial charge in [-0.05, 0) is 13.0 Å². The van der Waals surface area contributed by atoms with E-state index in [1.54, 1.807) is 0 Å². The number of halogens is 1. The molecule has 20 heavy (non-hydrogen) atoms. The SMILES string of the molecule is Cc1nc2c3cc(Cl)sc3nc(N3CCNCC3)n2n1. The van der Waals surface area contributed by atoms with Crippen LogP contribution in [0.2, 0.25) is 4.34 Å². The molecule has 0 aliphatic carbocycles. The molecule has 3 aromatic rings. The maximum atomic E-state index is 6.13. The monoisotopic (exact) mass is 308 g/mol. The second-order valence-corrected chi connectivity index (χ2v) is 6.47. The molecule has 8 heteroatoms. The summed E-state index contributed by atoms with van der Waals surface area (Å²) in [6.45, 7) is 5.66. The van der Waals surface area contributed by atoms with E-state index in [4.69, 9.17) is 16.6 Å². The zero-order valence-electron chi connectivity index (χ0n) is 10.9. The lowest BCUT2D eigenvalue weighted by molar-refractivity contribution is 0.575. The van der Waals surface area contributed by atoms with Crippen molar-refractivity contribution in [3.8, 4) is 0 Å². The third kappa shape index (κ3) is 1.85. The highest BCUT2D eigenvalue weighted by atomic mass is 35.5. The zero-order valence-corrected chi connectivity index (χ0v) is 12.5. The van der Waals surface area contributed by atoms with Gasteiger partial charge >= 0.3 is 0 Å². The molecule has 0 amide bonds. The molecule has 0 atom stereocenters. The molecule has 6 nitrogen and oxygen atoms in total. The minimum absolute atomic E-state index is 0.729. The minimum Gasteiger partial charge on any atom is -0.338 e. The molecule has 4 rings (SSSR count). The van der Waals surface area contributed by atoms with Crippen LogP contribution < -0.4 is 10.2 Å². The number of anilines is 1. The van der Waals surface area contributed by atoms with E-state index in [1.165, 1.54) is 11.3 Å². The summed E-state index contributed by atoms with van der Waals surface area (Å²) in [5.74, 6) is 1.60. The molecule has 0 aromatic carbocycles. The van der Waals surface area contributed by atoms with Crippen molar-refractivity contribution in [3.05, 3.63) is 16.2 Å². The second-order valence-electron chi connectivity index (χ2n) is 4.81. The fourth-order valence-corrected chi connectivity index (χ4v) is 3.61. The lowest BCUT2D eigenvalue weighted by Crippen LogP contribution is -2.44. The van der Waals surface area contributed by atoms with Crippen LogP contribution in [0.1, 0.15) is 5.82 Å². The van der Waals surface area contributed by atoms with E-state index in [1.807, 2.05) is 17.5 Å². The number of piperazine rings is 1. The van der Waals surface area contributed by atoms with Gasteiger partial charge < -0.3 is 10.2 Å². The molecular weight excluding hydrogens is 296 g/mol. The van der Waals surface area contributed by atoms with Gasteiger partial charge in [-0.15, -0.1) is 16.4 Å². The number of aromatic nitrogens is 4. The van der Waals surface area contributed by atoms with Crippen LogP contribution in [0.5, 0.6) is 0 Å². The van der Waals surface area contributed by atoms with Gasteiger partial charge in [0.05, 0.1) is 9.72 Å². The van der Waals surface area contributed by atoms with Crippen molar-refractivity contribution in [2.75, 3.05) is 31.1 Å². The van der Waals surface area contributed by atoms with Gasteiger partial charge in [0.2, 0.25) is 5.95 Å². The van der Waals surface area contributed by atoms with Gasteiger partial charge in [-0.1, -0.05) is 11.6 Å². The van der Waals surface area contributed by atoms with Crippen molar-refractivity contribution in [1.82, 2.24) is 24.9 Å². The molecule has 1 aliphatic heterocycles. The summed E-state index contributed by atoms with van der Waals surface area (Å²) < 4.78 is 2.57. The van der Waals surface area contributed by atoms with Gasteiger partial charge in [0.1, 0.15) is 10.7 Å². The Morgan fingerprint density at radius 1 is 1.30 bits per heavy atom. The van der Waals surface area contributed by atoms with Gasteiger partial charge in [0.15, 0.2) is 5.65 Å². The number of fused-ring (bicyclic) bond motifs is 3. The molecule has 1 N–H and O–H groups in total. The standard InChI is InChI=1S/C12H13ClN6S/c1-7-15-10-8-6-9(13)20-11(8)16-12(19(10)17-7)18-4-2-14-3-5-18/h6,14H,2-5H2,1H3. The predicted octanol–water partition coefficient (Wildman–Crippen LogP) is 1.71. The van der Waals surface area contributed by atoms with Crippen LogP contribution in [-0.4, -0.2) is 45.8 Å². The highest BCUT2D eigenvalue weighted by Crippen LogP contribution is 2.32. The van der Waals surface area contributed by atoms with Gasteiger partial charge in [-0.2, -0.15) is 4.52 Å². The predicted molar refractivity (Wildman–Crippen MR) is 81.0 cm³/mol. The van der Waals surface area contributed by atoms with Crippen molar-refractivity contribution < 1.29 is 0 Å². The molecule has 0 saturated carbocycles. The molecule has 0 radical (unpaired) electrons. The molecule has 1 aliphatic rings. The summed E-state index contributed by atoms with van der Waals surface area (Å²) in [7, 11) is 0. The van der Waals surface area contributed by atoms with Crippen LogP contribution in [0.15, 0.2) is 6.07 Å². The number of nitrogens with one attached hydrogen (secondary N) is 1. The summed E-state index contributed by atoms with van der Waals surface area (Å²) in [5.41, 5.74) is 0.837. The first kappa shape index (κ1) is 12.3. The Hall–Kier alpha value is -1.44. The fraction of sp³-hybridized carbons (Fsp3) is 0.417. The van der Waals surface area contributed by atoms with E-state index in [0.717, 1.165) is 58.2 Å². The fourth-order valence-electron chi connectivity index (χ4n) is 2.53. The molecule has 0 spiro atoms.